The molecular weight excluding hydrogens is 282 g/mol. The van der Waals surface area contributed by atoms with E-state index < -0.39 is 0 Å². The second-order valence-electron chi connectivity index (χ2n) is 3.93. The molecule has 0 saturated heterocycles. The normalized spacial score (nSPS) is 10.6. The molecule has 2 aromatic rings. The zero-order chi connectivity index (χ0) is 12.6. The highest BCUT2D eigenvalue weighted by Crippen LogP contribution is 2.37. The Kier molecular flexibility index (Phi) is 3.11. The van der Waals surface area contributed by atoms with Crippen molar-refractivity contribution in [3.63, 3.8) is 0 Å². The fourth-order valence-corrected chi connectivity index (χ4v) is 2.07. The van der Waals surface area contributed by atoms with Crippen molar-refractivity contribution in [1.29, 1.82) is 0 Å². The van der Waals surface area contributed by atoms with Gasteiger partial charge in [0, 0.05) is 5.56 Å². The molecule has 4 nitrogen and oxygen atoms in total. The molecule has 0 fully saturated rings. The summed E-state index contributed by atoms with van der Waals surface area (Å²) in [6.45, 7) is 4.11. The SMILES string of the molecule is COc1cc(C)c(C)cc1-c1[nH]nc(N)c1Br. The first-order valence-electron chi connectivity index (χ1n) is 5.19. The van der Waals surface area contributed by atoms with Crippen LogP contribution in [-0.2, 0) is 0 Å². The van der Waals surface area contributed by atoms with E-state index in [0.717, 1.165) is 21.5 Å². The number of aryl methyl sites for hydroxylation is 2. The molecule has 1 aromatic heterocycles. The largest absolute Gasteiger partial charge is 0.496 e. The number of benzene rings is 1. The average Bonchev–Trinajstić information content (AvgIpc) is 2.63. The minimum absolute atomic E-state index is 0.445. The van der Waals surface area contributed by atoms with E-state index in [1.807, 2.05) is 6.07 Å². The molecule has 0 radical (unpaired) electrons. The van der Waals surface area contributed by atoms with Crippen molar-refractivity contribution < 1.29 is 4.74 Å². The topological polar surface area (TPSA) is 63.9 Å². The zero-order valence-electron chi connectivity index (χ0n) is 9.97. The Morgan fingerprint density at radius 2 is 1.94 bits per heavy atom. The van der Waals surface area contributed by atoms with E-state index >= 15 is 0 Å². The first-order chi connectivity index (χ1) is 8.04. The lowest BCUT2D eigenvalue weighted by Gasteiger charge is -2.10. The van der Waals surface area contributed by atoms with Gasteiger partial charge < -0.3 is 10.5 Å². The lowest BCUT2D eigenvalue weighted by Crippen LogP contribution is -1.92. The lowest BCUT2D eigenvalue weighted by atomic mass is 10.0. The molecule has 0 aliphatic heterocycles. The van der Waals surface area contributed by atoms with Crippen molar-refractivity contribution in [2.75, 3.05) is 12.8 Å². The molecule has 5 heteroatoms. The summed E-state index contributed by atoms with van der Waals surface area (Å²) >= 11 is 3.42. The predicted octanol–water partition coefficient (Wildman–Crippen LogP) is 3.05. The lowest BCUT2D eigenvalue weighted by molar-refractivity contribution is 0.416. The van der Waals surface area contributed by atoms with Crippen LogP contribution < -0.4 is 10.5 Å². The number of nitrogen functional groups attached to an aromatic ring is 1. The molecule has 0 saturated carbocycles. The number of halogens is 1. The maximum absolute atomic E-state index is 5.71. The second-order valence-corrected chi connectivity index (χ2v) is 4.73. The monoisotopic (exact) mass is 295 g/mol. The van der Waals surface area contributed by atoms with Gasteiger partial charge in [0.1, 0.15) is 5.75 Å². The van der Waals surface area contributed by atoms with Gasteiger partial charge >= 0.3 is 0 Å². The summed E-state index contributed by atoms with van der Waals surface area (Å²) in [4.78, 5) is 0. The van der Waals surface area contributed by atoms with Crippen LogP contribution in [0.5, 0.6) is 5.75 Å². The Balaban J connectivity index is 2.66. The highest BCUT2D eigenvalue weighted by Gasteiger charge is 2.15. The maximum atomic E-state index is 5.71. The van der Waals surface area contributed by atoms with Gasteiger partial charge in [0.05, 0.1) is 17.3 Å². The molecule has 0 aliphatic rings. The van der Waals surface area contributed by atoms with Crippen LogP contribution in [0, 0.1) is 13.8 Å². The number of nitrogens with one attached hydrogen (secondary N) is 1. The van der Waals surface area contributed by atoms with Gasteiger partial charge in [0.15, 0.2) is 5.82 Å². The summed E-state index contributed by atoms with van der Waals surface area (Å²) in [6.07, 6.45) is 0. The van der Waals surface area contributed by atoms with E-state index in [4.69, 9.17) is 10.5 Å². The number of rotatable bonds is 2. The molecule has 17 heavy (non-hydrogen) atoms. The van der Waals surface area contributed by atoms with Gasteiger partial charge in [0.25, 0.3) is 0 Å². The van der Waals surface area contributed by atoms with E-state index in [1.54, 1.807) is 7.11 Å². The summed E-state index contributed by atoms with van der Waals surface area (Å²) < 4.78 is 6.15. The summed E-state index contributed by atoms with van der Waals surface area (Å²) in [5.74, 6) is 1.25. The third-order valence-electron chi connectivity index (χ3n) is 2.82. The van der Waals surface area contributed by atoms with Crippen LogP contribution in [0.1, 0.15) is 11.1 Å². The number of nitrogens with two attached hydrogens (primary N) is 1. The summed E-state index contributed by atoms with van der Waals surface area (Å²) in [5.41, 5.74) is 9.88. The van der Waals surface area contributed by atoms with Crippen molar-refractivity contribution in [2.45, 2.75) is 13.8 Å². The average molecular weight is 296 g/mol. The maximum Gasteiger partial charge on any atom is 0.160 e. The van der Waals surface area contributed by atoms with Gasteiger partial charge in [-0.25, -0.2) is 0 Å². The predicted molar refractivity (Wildman–Crippen MR) is 72.2 cm³/mol. The molecular formula is C12H14BrN3O. The van der Waals surface area contributed by atoms with Crippen LogP contribution >= 0.6 is 15.9 Å². The number of H-pyrrole nitrogens is 1. The minimum atomic E-state index is 0.445. The van der Waals surface area contributed by atoms with Gasteiger partial charge in [-0.3, -0.25) is 5.10 Å². The van der Waals surface area contributed by atoms with E-state index in [0.29, 0.717) is 5.82 Å². The quantitative estimate of drug-likeness (QED) is 0.895. The Morgan fingerprint density at radius 1 is 1.29 bits per heavy atom. The molecule has 0 bridgehead atoms. The second kappa shape index (κ2) is 4.41. The standard InChI is InChI=1S/C12H14BrN3O/c1-6-4-8(9(17-3)5-7(6)2)11-10(13)12(14)16-15-11/h4-5H,1-3H3,(H3,14,15,16). The molecule has 0 spiro atoms. The van der Waals surface area contributed by atoms with Crippen molar-refractivity contribution >= 4 is 21.7 Å². The van der Waals surface area contributed by atoms with Crippen molar-refractivity contribution in [1.82, 2.24) is 10.2 Å². The Hall–Kier alpha value is -1.49. The minimum Gasteiger partial charge on any atom is -0.496 e. The molecule has 0 atom stereocenters. The number of methoxy groups -OCH3 is 1. The van der Waals surface area contributed by atoms with Crippen LogP contribution in [0.2, 0.25) is 0 Å². The van der Waals surface area contributed by atoms with Crippen molar-refractivity contribution in [3.05, 3.63) is 27.7 Å². The van der Waals surface area contributed by atoms with Gasteiger partial charge in [0.2, 0.25) is 0 Å². The van der Waals surface area contributed by atoms with Crippen molar-refractivity contribution in [2.24, 2.45) is 0 Å². The zero-order valence-corrected chi connectivity index (χ0v) is 11.6. The van der Waals surface area contributed by atoms with E-state index in [-0.39, 0.29) is 0 Å². The first kappa shape index (κ1) is 12.0. The molecule has 0 unspecified atom stereocenters. The van der Waals surface area contributed by atoms with E-state index in [9.17, 15) is 0 Å². The van der Waals surface area contributed by atoms with E-state index in [1.165, 1.54) is 11.1 Å². The Morgan fingerprint density at radius 3 is 2.47 bits per heavy atom. The number of aromatic amines is 1. The number of hydrogen-bond donors (Lipinski definition) is 2. The molecule has 3 N–H and O–H groups in total. The highest BCUT2D eigenvalue weighted by molar-refractivity contribution is 9.10. The van der Waals surface area contributed by atoms with E-state index in [2.05, 4.69) is 46.0 Å². The summed E-state index contributed by atoms with van der Waals surface area (Å²) in [6, 6.07) is 4.07. The van der Waals surface area contributed by atoms with Gasteiger partial charge in [-0.15, -0.1) is 0 Å². The van der Waals surface area contributed by atoms with Gasteiger partial charge in [-0.05, 0) is 53.0 Å². The fraction of sp³-hybridized carbons (Fsp3) is 0.250. The molecule has 90 valence electrons. The van der Waals surface area contributed by atoms with Crippen LogP contribution in [0.3, 0.4) is 0 Å². The van der Waals surface area contributed by atoms with Gasteiger partial charge in [-0.2, -0.15) is 5.10 Å². The third kappa shape index (κ3) is 2.02. The molecule has 0 amide bonds. The Bertz CT molecular complexity index is 563. The van der Waals surface area contributed by atoms with Crippen LogP contribution in [-0.4, -0.2) is 17.3 Å². The van der Waals surface area contributed by atoms with Gasteiger partial charge in [-0.1, -0.05) is 0 Å². The molecule has 2 rings (SSSR count). The third-order valence-corrected chi connectivity index (χ3v) is 3.62. The Labute approximate surface area is 108 Å². The number of ether oxygens (including phenoxy) is 1. The fourth-order valence-electron chi connectivity index (χ4n) is 1.67. The number of hydrogen-bond acceptors (Lipinski definition) is 3. The first-order valence-corrected chi connectivity index (χ1v) is 5.98. The number of nitrogens with zero attached hydrogens (tertiary/aromatic N) is 1. The summed E-state index contributed by atoms with van der Waals surface area (Å²) in [5, 5.41) is 6.88. The number of anilines is 1. The van der Waals surface area contributed by atoms with Crippen molar-refractivity contribution in [3.8, 4) is 17.0 Å². The molecule has 0 aliphatic carbocycles. The highest BCUT2D eigenvalue weighted by atomic mass is 79.9. The van der Waals surface area contributed by atoms with Crippen LogP contribution in [0.25, 0.3) is 11.3 Å². The number of aromatic nitrogens is 2. The molecule has 1 aromatic carbocycles. The summed E-state index contributed by atoms with van der Waals surface area (Å²) in [7, 11) is 1.65. The smallest absolute Gasteiger partial charge is 0.160 e. The van der Waals surface area contributed by atoms with Crippen LogP contribution in [0.15, 0.2) is 16.6 Å². The van der Waals surface area contributed by atoms with Crippen LogP contribution in [0.4, 0.5) is 5.82 Å². The molecule has 1 heterocycles.